The van der Waals surface area contributed by atoms with Gasteiger partial charge in [0.25, 0.3) is 0 Å². The van der Waals surface area contributed by atoms with Gasteiger partial charge in [0.15, 0.2) is 0 Å². The first-order chi connectivity index (χ1) is 8.16. The molecular weight excluding hydrogens is 210 g/mol. The lowest BCUT2D eigenvalue weighted by Crippen LogP contribution is -2.27. The van der Waals surface area contributed by atoms with Crippen LogP contribution < -0.4 is 0 Å². The van der Waals surface area contributed by atoms with Crippen LogP contribution in [0.3, 0.4) is 0 Å². The maximum atomic E-state index is 5.05. The van der Waals surface area contributed by atoms with Crippen molar-refractivity contribution in [3.63, 3.8) is 0 Å². The zero-order valence-corrected chi connectivity index (χ0v) is 11.1. The second-order valence-electron chi connectivity index (χ2n) is 5.66. The molecule has 0 saturated heterocycles. The molecule has 0 aromatic rings. The average molecular weight is 233 g/mol. The quantitative estimate of drug-likeness (QED) is 0.628. The lowest BCUT2D eigenvalue weighted by molar-refractivity contribution is 0.205. The van der Waals surface area contributed by atoms with E-state index in [1.54, 1.807) is 7.11 Å². The molecule has 0 radical (unpaired) electrons. The molecule has 2 unspecified atom stereocenters. The van der Waals surface area contributed by atoms with Gasteiger partial charge in [0, 0.05) is 11.3 Å². The van der Waals surface area contributed by atoms with Crippen molar-refractivity contribution in [1.82, 2.24) is 0 Å². The minimum Gasteiger partial charge on any atom is -0.399 e. The maximum absolute atomic E-state index is 5.05. The fourth-order valence-corrected chi connectivity index (χ4v) is 3.19. The Morgan fingerprint density at radius 3 is 2.94 bits per heavy atom. The highest BCUT2D eigenvalue weighted by molar-refractivity contribution is 5.95. The Hall–Kier alpha value is -1.05. The van der Waals surface area contributed by atoms with Gasteiger partial charge in [-0.25, -0.2) is 0 Å². The highest BCUT2D eigenvalue weighted by Crippen LogP contribution is 2.47. The van der Waals surface area contributed by atoms with E-state index < -0.39 is 0 Å². The zero-order chi connectivity index (χ0) is 12.3. The Labute approximate surface area is 104 Å². The molecule has 1 fully saturated rings. The van der Waals surface area contributed by atoms with E-state index in [-0.39, 0.29) is 5.41 Å². The molecular formula is C15H23NO. The van der Waals surface area contributed by atoms with Crippen molar-refractivity contribution < 1.29 is 4.84 Å². The lowest BCUT2D eigenvalue weighted by atomic mass is 9.78. The topological polar surface area (TPSA) is 21.6 Å². The molecule has 94 valence electrons. The van der Waals surface area contributed by atoms with Crippen molar-refractivity contribution in [2.75, 3.05) is 7.11 Å². The van der Waals surface area contributed by atoms with Crippen LogP contribution in [0.1, 0.15) is 39.5 Å². The predicted octanol–water partition coefficient (Wildman–Crippen LogP) is 3.95. The molecule has 1 saturated carbocycles. The monoisotopic (exact) mass is 233 g/mol. The van der Waals surface area contributed by atoms with Gasteiger partial charge in [-0.2, -0.15) is 0 Å². The third-order valence-corrected chi connectivity index (χ3v) is 4.27. The summed E-state index contributed by atoms with van der Waals surface area (Å²) >= 11 is 0. The first-order valence-electron chi connectivity index (χ1n) is 6.61. The SMILES string of the molecule is CON=C1C2C=CC=CCCCC(C2)C1(C)C. The number of oxime groups is 1. The Kier molecular flexibility index (Phi) is 3.70. The van der Waals surface area contributed by atoms with E-state index >= 15 is 0 Å². The van der Waals surface area contributed by atoms with Gasteiger partial charge in [-0.15, -0.1) is 0 Å². The van der Waals surface area contributed by atoms with Crippen LogP contribution in [0.4, 0.5) is 0 Å². The average Bonchev–Trinajstić information content (AvgIpc) is 2.52. The summed E-state index contributed by atoms with van der Waals surface area (Å²) in [5, 5.41) is 4.30. The first-order valence-corrected chi connectivity index (χ1v) is 6.61. The van der Waals surface area contributed by atoms with Gasteiger partial charge in [-0.1, -0.05) is 43.3 Å². The van der Waals surface area contributed by atoms with E-state index in [1.165, 1.54) is 31.4 Å². The van der Waals surface area contributed by atoms with Crippen LogP contribution in [-0.4, -0.2) is 12.8 Å². The van der Waals surface area contributed by atoms with E-state index in [0.29, 0.717) is 5.92 Å². The second kappa shape index (κ2) is 5.07. The van der Waals surface area contributed by atoms with Crippen LogP contribution in [0.25, 0.3) is 0 Å². The minimum atomic E-state index is 0.176. The van der Waals surface area contributed by atoms with Gasteiger partial charge < -0.3 is 4.84 Å². The molecule has 0 N–H and O–H groups in total. The molecule has 0 aromatic carbocycles. The highest BCUT2D eigenvalue weighted by Gasteiger charge is 2.45. The molecule has 2 atom stereocenters. The summed E-state index contributed by atoms with van der Waals surface area (Å²) in [6, 6.07) is 0. The third kappa shape index (κ3) is 2.46. The molecule has 17 heavy (non-hydrogen) atoms. The van der Waals surface area contributed by atoms with Crippen molar-refractivity contribution in [2.45, 2.75) is 39.5 Å². The lowest BCUT2D eigenvalue weighted by Gasteiger charge is -2.27. The molecule has 0 aliphatic heterocycles. The molecule has 2 bridgehead atoms. The molecule has 2 aliphatic rings. The van der Waals surface area contributed by atoms with Gasteiger partial charge in [-0.3, -0.25) is 0 Å². The number of rotatable bonds is 1. The van der Waals surface area contributed by atoms with Gasteiger partial charge in [-0.05, 0) is 31.6 Å². The summed E-state index contributed by atoms with van der Waals surface area (Å²) in [5.41, 5.74) is 1.39. The Morgan fingerprint density at radius 2 is 2.18 bits per heavy atom. The van der Waals surface area contributed by atoms with Crippen LogP contribution >= 0.6 is 0 Å². The molecule has 2 aliphatic carbocycles. The molecule has 2 nitrogen and oxygen atoms in total. The number of fused-ring (bicyclic) bond motifs is 2. The molecule has 0 heterocycles. The predicted molar refractivity (Wildman–Crippen MR) is 72.0 cm³/mol. The van der Waals surface area contributed by atoms with Gasteiger partial charge in [0.2, 0.25) is 0 Å². The largest absolute Gasteiger partial charge is 0.399 e. The van der Waals surface area contributed by atoms with Crippen molar-refractivity contribution in [2.24, 2.45) is 22.4 Å². The summed E-state index contributed by atoms with van der Waals surface area (Å²) in [4.78, 5) is 5.05. The fraction of sp³-hybridized carbons (Fsp3) is 0.667. The number of allylic oxidation sites excluding steroid dienone is 4. The van der Waals surface area contributed by atoms with Gasteiger partial charge in [0.1, 0.15) is 7.11 Å². The Morgan fingerprint density at radius 1 is 1.35 bits per heavy atom. The van der Waals surface area contributed by atoms with Crippen molar-refractivity contribution in [3.05, 3.63) is 24.3 Å². The first kappa shape index (κ1) is 12.4. The van der Waals surface area contributed by atoms with Crippen LogP contribution in [0.15, 0.2) is 29.5 Å². The van der Waals surface area contributed by atoms with Gasteiger partial charge >= 0.3 is 0 Å². The van der Waals surface area contributed by atoms with E-state index in [0.717, 1.165) is 5.92 Å². The van der Waals surface area contributed by atoms with Crippen LogP contribution in [0, 0.1) is 17.3 Å². The van der Waals surface area contributed by atoms with Crippen LogP contribution in [-0.2, 0) is 4.84 Å². The maximum Gasteiger partial charge on any atom is 0.106 e. The summed E-state index contributed by atoms with van der Waals surface area (Å²) < 4.78 is 0. The number of nitrogens with zero attached hydrogens (tertiary/aromatic N) is 1. The van der Waals surface area contributed by atoms with Crippen molar-refractivity contribution in [1.29, 1.82) is 0 Å². The Bertz CT molecular complexity index is 352. The second-order valence-corrected chi connectivity index (χ2v) is 5.66. The van der Waals surface area contributed by atoms with Crippen LogP contribution in [0.2, 0.25) is 0 Å². The van der Waals surface area contributed by atoms with Crippen molar-refractivity contribution >= 4 is 5.71 Å². The number of hydrogen-bond donors (Lipinski definition) is 0. The van der Waals surface area contributed by atoms with Crippen LogP contribution in [0.5, 0.6) is 0 Å². The fourth-order valence-electron chi connectivity index (χ4n) is 3.19. The van der Waals surface area contributed by atoms with Gasteiger partial charge in [0.05, 0.1) is 5.71 Å². The molecule has 0 spiro atoms. The van der Waals surface area contributed by atoms with E-state index in [4.69, 9.17) is 4.84 Å². The summed E-state index contributed by atoms with van der Waals surface area (Å²) in [6.45, 7) is 4.63. The molecule has 0 amide bonds. The van der Waals surface area contributed by atoms with E-state index in [1.807, 2.05) is 0 Å². The summed E-state index contributed by atoms with van der Waals surface area (Å²) in [6.07, 6.45) is 13.9. The smallest absolute Gasteiger partial charge is 0.106 e. The standard InChI is InChI=1S/C15H23NO/c1-15(2)13-10-8-6-4-5-7-9-12(11-13)14(15)16-17-3/h4-5,7,9,12-13H,6,8,10-11H2,1-3H3. The summed E-state index contributed by atoms with van der Waals surface area (Å²) in [5.74, 6) is 1.19. The van der Waals surface area contributed by atoms with E-state index in [2.05, 4.69) is 43.3 Å². The molecule has 2 heteroatoms. The third-order valence-electron chi connectivity index (χ3n) is 4.27. The molecule has 0 aromatic heterocycles. The minimum absolute atomic E-state index is 0.176. The highest BCUT2D eigenvalue weighted by atomic mass is 16.6. The molecule has 2 rings (SSSR count). The summed E-state index contributed by atoms with van der Waals surface area (Å²) in [7, 11) is 1.65. The number of hydrogen-bond acceptors (Lipinski definition) is 2. The Balaban J connectivity index is 2.31. The van der Waals surface area contributed by atoms with E-state index in [9.17, 15) is 0 Å². The van der Waals surface area contributed by atoms with Crippen molar-refractivity contribution in [3.8, 4) is 0 Å². The zero-order valence-electron chi connectivity index (χ0n) is 11.1. The normalized spacial score (nSPS) is 33.9.